The minimum absolute atomic E-state index is 0.0400. The molecule has 20 heavy (non-hydrogen) atoms. The Balaban J connectivity index is 2.12. The molecule has 0 unspecified atom stereocenters. The van der Waals surface area contributed by atoms with Gasteiger partial charge in [0.1, 0.15) is 5.82 Å². The monoisotopic (exact) mass is 297 g/mol. The van der Waals surface area contributed by atoms with Crippen molar-refractivity contribution in [2.75, 3.05) is 29.5 Å². The molecule has 5 nitrogen and oxygen atoms in total. The highest BCUT2D eigenvalue weighted by Crippen LogP contribution is 2.20. The van der Waals surface area contributed by atoms with Crippen molar-refractivity contribution >= 4 is 15.7 Å². The second-order valence-electron chi connectivity index (χ2n) is 6.23. The van der Waals surface area contributed by atoms with Crippen molar-refractivity contribution in [1.82, 2.24) is 10.3 Å². The zero-order chi connectivity index (χ0) is 14.8. The summed E-state index contributed by atoms with van der Waals surface area (Å²) < 4.78 is 23.0. The molecule has 0 amide bonds. The first-order valence-corrected chi connectivity index (χ1v) is 8.73. The second kappa shape index (κ2) is 5.69. The number of aromatic nitrogens is 1. The van der Waals surface area contributed by atoms with E-state index < -0.39 is 9.84 Å². The Morgan fingerprint density at radius 2 is 1.95 bits per heavy atom. The van der Waals surface area contributed by atoms with Crippen LogP contribution in [0.15, 0.2) is 18.3 Å². The molecular weight excluding hydrogens is 274 g/mol. The molecule has 1 saturated heterocycles. The van der Waals surface area contributed by atoms with Crippen molar-refractivity contribution in [2.45, 2.75) is 32.9 Å². The average Bonchev–Trinajstić information content (AvgIpc) is 2.36. The zero-order valence-electron chi connectivity index (χ0n) is 12.4. The molecule has 0 saturated carbocycles. The highest BCUT2D eigenvalue weighted by Gasteiger charge is 2.24. The van der Waals surface area contributed by atoms with E-state index in [-0.39, 0.29) is 17.0 Å². The third-order valence-corrected chi connectivity index (χ3v) is 4.93. The Labute approximate surface area is 121 Å². The van der Waals surface area contributed by atoms with Crippen LogP contribution in [-0.4, -0.2) is 43.5 Å². The molecule has 0 bridgehead atoms. The van der Waals surface area contributed by atoms with Crippen LogP contribution >= 0.6 is 0 Å². The van der Waals surface area contributed by atoms with Gasteiger partial charge in [-0.1, -0.05) is 6.07 Å². The first-order chi connectivity index (χ1) is 9.27. The number of hydrogen-bond acceptors (Lipinski definition) is 5. The summed E-state index contributed by atoms with van der Waals surface area (Å²) in [6.45, 7) is 8.16. The van der Waals surface area contributed by atoms with Gasteiger partial charge in [-0.05, 0) is 26.8 Å². The highest BCUT2D eigenvalue weighted by atomic mass is 32.2. The number of nitrogens with one attached hydrogen (secondary N) is 1. The van der Waals surface area contributed by atoms with E-state index in [1.54, 1.807) is 6.20 Å². The Morgan fingerprint density at radius 1 is 1.30 bits per heavy atom. The standard InChI is InChI=1S/C14H23N3O2S/c1-14(2,3)16-11-12-5-4-6-15-13(12)17-7-9-20(18,19)10-8-17/h4-6,16H,7-11H2,1-3H3. The lowest BCUT2D eigenvalue weighted by atomic mass is 10.1. The van der Waals surface area contributed by atoms with Gasteiger partial charge in [0.15, 0.2) is 9.84 Å². The molecule has 0 radical (unpaired) electrons. The molecule has 1 aliphatic rings. The van der Waals surface area contributed by atoms with Gasteiger partial charge in [0.2, 0.25) is 0 Å². The third-order valence-electron chi connectivity index (χ3n) is 3.32. The van der Waals surface area contributed by atoms with Crippen LogP contribution in [0.2, 0.25) is 0 Å². The fourth-order valence-corrected chi connectivity index (χ4v) is 3.34. The van der Waals surface area contributed by atoms with Gasteiger partial charge >= 0.3 is 0 Å². The van der Waals surface area contributed by atoms with Crippen LogP contribution in [0.1, 0.15) is 26.3 Å². The summed E-state index contributed by atoms with van der Waals surface area (Å²) in [5, 5.41) is 3.45. The summed E-state index contributed by atoms with van der Waals surface area (Å²) in [6, 6.07) is 3.97. The molecule has 2 rings (SSSR count). The van der Waals surface area contributed by atoms with Crippen molar-refractivity contribution in [1.29, 1.82) is 0 Å². The van der Waals surface area contributed by atoms with Gasteiger partial charge < -0.3 is 10.2 Å². The molecule has 1 fully saturated rings. The van der Waals surface area contributed by atoms with E-state index in [9.17, 15) is 8.42 Å². The van der Waals surface area contributed by atoms with Gasteiger partial charge in [-0.25, -0.2) is 13.4 Å². The Morgan fingerprint density at radius 3 is 2.55 bits per heavy atom. The van der Waals surface area contributed by atoms with Gasteiger partial charge in [-0.3, -0.25) is 0 Å². The van der Waals surface area contributed by atoms with E-state index in [2.05, 4.69) is 36.0 Å². The molecule has 6 heteroatoms. The van der Waals surface area contributed by atoms with Crippen LogP contribution in [0.25, 0.3) is 0 Å². The van der Waals surface area contributed by atoms with E-state index in [0.717, 1.165) is 17.9 Å². The molecule has 2 heterocycles. The van der Waals surface area contributed by atoms with Crippen LogP contribution in [0.4, 0.5) is 5.82 Å². The Kier molecular flexibility index (Phi) is 4.34. The van der Waals surface area contributed by atoms with Gasteiger partial charge in [0, 0.05) is 36.9 Å². The van der Waals surface area contributed by atoms with Crippen molar-refractivity contribution in [2.24, 2.45) is 0 Å². The van der Waals surface area contributed by atoms with Crippen molar-refractivity contribution in [3.8, 4) is 0 Å². The lowest BCUT2D eigenvalue weighted by molar-refractivity contribution is 0.424. The smallest absolute Gasteiger partial charge is 0.153 e. The van der Waals surface area contributed by atoms with E-state index >= 15 is 0 Å². The van der Waals surface area contributed by atoms with Crippen molar-refractivity contribution in [3.63, 3.8) is 0 Å². The molecular formula is C14H23N3O2S. The quantitative estimate of drug-likeness (QED) is 0.908. The van der Waals surface area contributed by atoms with Crippen LogP contribution in [0, 0.1) is 0 Å². The molecule has 0 atom stereocenters. The molecule has 1 N–H and O–H groups in total. The lowest BCUT2D eigenvalue weighted by Crippen LogP contribution is -2.42. The summed E-state index contributed by atoms with van der Waals surface area (Å²) in [6.07, 6.45) is 1.76. The second-order valence-corrected chi connectivity index (χ2v) is 8.53. The summed E-state index contributed by atoms with van der Waals surface area (Å²) in [4.78, 5) is 6.51. The Bertz CT molecular complexity index is 550. The first kappa shape index (κ1) is 15.3. The van der Waals surface area contributed by atoms with Crippen molar-refractivity contribution in [3.05, 3.63) is 23.9 Å². The largest absolute Gasteiger partial charge is 0.354 e. The maximum atomic E-state index is 11.5. The predicted octanol–water partition coefficient (Wildman–Crippen LogP) is 1.20. The number of hydrogen-bond donors (Lipinski definition) is 1. The van der Waals surface area contributed by atoms with Gasteiger partial charge in [0.25, 0.3) is 0 Å². The minimum Gasteiger partial charge on any atom is -0.354 e. The number of sulfone groups is 1. The first-order valence-electron chi connectivity index (χ1n) is 6.91. The normalized spacial score (nSPS) is 19.1. The van der Waals surface area contributed by atoms with Crippen LogP contribution in [-0.2, 0) is 16.4 Å². The maximum absolute atomic E-state index is 11.5. The Hall–Kier alpha value is -1.14. The molecule has 0 spiro atoms. The molecule has 112 valence electrons. The summed E-state index contributed by atoms with van der Waals surface area (Å²) in [5.74, 6) is 1.34. The molecule has 0 aromatic carbocycles. The molecule has 1 aromatic heterocycles. The van der Waals surface area contributed by atoms with E-state index in [1.165, 1.54) is 0 Å². The van der Waals surface area contributed by atoms with Crippen molar-refractivity contribution < 1.29 is 8.42 Å². The number of pyridine rings is 1. The number of anilines is 1. The summed E-state index contributed by atoms with van der Waals surface area (Å²) >= 11 is 0. The summed E-state index contributed by atoms with van der Waals surface area (Å²) in [7, 11) is -2.86. The van der Waals surface area contributed by atoms with Gasteiger partial charge in [-0.15, -0.1) is 0 Å². The van der Waals surface area contributed by atoms with Crippen LogP contribution < -0.4 is 10.2 Å². The SMILES string of the molecule is CC(C)(C)NCc1cccnc1N1CCS(=O)(=O)CC1. The molecule has 0 aliphatic carbocycles. The van der Waals surface area contributed by atoms with E-state index in [4.69, 9.17) is 0 Å². The van der Waals surface area contributed by atoms with Gasteiger partial charge in [0.05, 0.1) is 11.5 Å². The predicted molar refractivity (Wildman–Crippen MR) is 81.7 cm³/mol. The minimum atomic E-state index is -2.86. The lowest BCUT2D eigenvalue weighted by Gasteiger charge is -2.30. The average molecular weight is 297 g/mol. The molecule has 1 aliphatic heterocycles. The maximum Gasteiger partial charge on any atom is 0.153 e. The van der Waals surface area contributed by atoms with Crippen LogP contribution in [0.3, 0.4) is 0 Å². The fraction of sp³-hybridized carbons (Fsp3) is 0.643. The van der Waals surface area contributed by atoms with Crippen LogP contribution in [0.5, 0.6) is 0 Å². The summed E-state index contributed by atoms with van der Waals surface area (Å²) in [5.41, 5.74) is 1.15. The number of nitrogens with zero attached hydrogens (tertiary/aromatic N) is 2. The fourth-order valence-electron chi connectivity index (χ4n) is 2.14. The van der Waals surface area contributed by atoms with E-state index in [0.29, 0.717) is 13.1 Å². The highest BCUT2D eigenvalue weighted by molar-refractivity contribution is 7.91. The number of rotatable bonds is 3. The zero-order valence-corrected chi connectivity index (χ0v) is 13.2. The topological polar surface area (TPSA) is 62.3 Å². The molecule has 1 aromatic rings. The van der Waals surface area contributed by atoms with E-state index in [1.807, 2.05) is 12.1 Å². The van der Waals surface area contributed by atoms with Gasteiger partial charge in [-0.2, -0.15) is 0 Å². The third kappa shape index (κ3) is 4.18.